The van der Waals surface area contributed by atoms with E-state index < -0.39 is 0 Å². The van der Waals surface area contributed by atoms with Gasteiger partial charge in [-0.1, -0.05) is 32.0 Å². The molecule has 0 saturated heterocycles. The van der Waals surface area contributed by atoms with Crippen molar-refractivity contribution in [2.75, 3.05) is 13.1 Å². The molecule has 1 aromatic carbocycles. The number of imidazole rings is 1. The van der Waals surface area contributed by atoms with Crippen molar-refractivity contribution in [1.82, 2.24) is 19.9 Å². The summed E-state index contributed by atoms with van der Waals surface area (Å²) in [6.45, 7) is 6.87. The van der Waals surface area contributed by atoms with Crippen LogP contribution in [0.25, 0.3) is 11.0 Å². The molecule has 0 fully saturated rings. The molecule has 2 heterocycles. The minimum absolute atomic E-state index is 0.0396. The van der Waals surface area contributed by atoms with E-state index in [0.717, 1.165) is 43.7 Å². The molecule has 3 N–H and O–H groups in total. The molecule has 1 aliphatic rings. The van der Waals surface area contributed by atoms with Crippen molar-refractivity contribution in [2.45, 2.75) is 52.1 Å². The molecule has 0 radical (unpaired) electrons. The van der Waals surface area contributed by atoms with Gasteiger partial charge in [0.15, 0.2) is 0 Å². The molecule has 5 heteroatoms. The van der Waals surface area contributed by atoms with E-state index in [0.29, 0.717) is 12.6 Å². The summed E-state index contributed by atoms with van der Waals surface area (Å²) in [6, 6.07) is 13.0. The Morgan fingerprint density at radius 1 is 1.21 bits per heavy atom. The summed E-state index contributed by atoms with van der Waals surface area (Å²) in [5.74, 6) is 1.13. The van der Waals surface area contributed by atoms with Crippen LogP contribution in [0.15, 0.2) is 42.6 Å². The van der Waals surface area contributed by atoms with E-state index in [-0.39, 0.29) is 5.41 Å². The van der Waals surface area contributed by atoms with Crippen LogP contribution >= 0.6 is 0 Å². The fourth-order valence-electron chi connectivity index (χ4n) is 4.15. The molecule has 2 aromatic heterocycles. The first-order valence-electron chi connectivity index (χ1n) is 10.4. The first kappa shape index (κ1) is 19.1. The van der Waals surface area contributed by atoms with Gasteiger partial charge in [-0.25, -0.2) is 4.98 Å². The van der Waals surface area contributed by atoms with Crippen LogP contribution in [0, 0.1) is 5.41 Å². The van der Waals surface area contributed by atoms with Crippen molar-refractivity contribution in [1.29, 1.82) is 0 Å². The van der Waals surface area contributed by atoms with Crippen LogP contribution in [-0.2, 0) is 19.4 Å². The molecule has 0 saturated carbocycles. The van der Waals surface area contributed by atoms with E-state index in [1.807, 2.05) is 12.3 Å². The zero-order chi connectivity index (χ0) is 19.6. The monoisotopic (exact) mass is 377 g/mol. The topological polar surface area (TPSA) is 68.8 Å². The number of aromatic nitrogens is 3. The highest BCUT2D eigenvalue weighted by molar-refractivity contribution is 5.75. The van der Waals surface area contributed by atoms with Gasteiger partial charge in [0, 0.05) is 31.7 Å². The number of para-hydroxylation sites is 2. The third kappa shape index (κ3) is 3.96. The number of aryl methyl sites for hydroxylation is 1. The predicted octanol–water partition coefficient (Wildman–Crippen LogP) is 3.63. The quantitative estimate of drug-likeness (QED) is 0.660. The first-order chi connectivity index (χ1) is 13.6. The summed E-state index contributed by atoms with van der Waals surface area (Å²) in [5, 5.41) is 3.73. The third-order valence-electron chi connectivity index (χ3n) is 5.81. The number of fused-ring (bicyclic) bond motifs is 2. The van der Waals surface area contributed by atoms with Crippen LogP contribution in [-0.4, -0.2) is 27.6 Å². The van der Waals surface area contributed by atoms with Gasteiger partial charge in [0.05, 0.1) is 16.7 Å². The van der Waals surface area contributed by atoms with Crippen molar-refractivity contribution in [3.05, 3.63) is 59.7 Å². The number of rotatable bonds is 7. The molecule has 28 heavy (non-hydrogen) atoms. The number of benzene rings is 1. The lowest BCUT2D eigenvalue weighted by atomic mass is 9.92. The molecular weight excluding hydrogens is 346 g/mol. The maximum absolute atomic E-state index is 6.01. The van der Waals surface area contributed by atoms with Crippen molar-refractivity contribution < 1.29 is 0 Å². The zero-order valence-electron chi connectivity index (χ0n) is 17.0. The minimum atomic E-state index is 0.0396. The van der Waals surface area contributed by atoms with Crippen LogP contribution in [0.3, 0.4) is 0 Å². The van der Waals surface area contributed by atoms with Gasteiger partial charge in [-0.2, -0.15) is 0 Å². The SMILES string of the molecule is CC(C)(CN)Cn1c(CCNC2CCCc3cccnc32)nc2ccccc21. The van der Waals surface area contributed by atoms with Crippen LogP contribution in [0.1, 0.15) is 49.8 Å². The van der Waals surface area contributed by atoms with Gasteiger partial charge in [-0.3, -0.25) is 4.98 Å². The van der Waals surface area contributed by atoms with Gasteiger partial charge < -0.3 is 15.6 Å². The second-order valence-corrected chi connectivity index (χ2v) is 8.67. The van der Waals surface area contributed by atoms with Crippen LogP contribution in [0.4, 0.5) is 0 Å². The number of nitrogens with zero attached hydrogens (tertiary/aromatic N) is 3. The Kier molecular flexibility index (Phi) is 5.47. The largest absolute Gasteiger partial charge is 0.330 e. The summed E-state index contributed by atoms with van der Waals surface area (Å²) >= 11 is 0. The molecule has 5 nitrogen and oxygen atoms in total. The normalized spacial score (nSPS) is 17.0. The van der Waals surface area contributed by atoms with Gasteiger partial charge >= 0.3 is 0 Å². The van der Waals surface area contributed by atoms with E-state index in [2.05, 4.69) is 59.0 Å². The van der Waals surface area contributed by atoms with Crippen molar-refractivity contribution in [3.8, 4) is 0 Å². The Balaban J connectivity index is 1.51. The standard InChI is InChI=1S/C23H31N5/c1-23(2,15-24)16-28-20-11-4-3-9-18(20)27-21(28)12-14-25-19-10-5-7-17-8-6-13-26-22(17)19/h3-4,6,8-9,11,13,19,25H,5,7,10,12,14-16,24H2,1-2H3. The van der Waals surface area contributed by atoms with Crippen LogP contribution in [0.2, 0.25) is 0 Å². The minimum Gasteiger partial charge on any atom is -0.330 e. The van der Waals surface area contributed by atoms with E-state index in [9.17, 15) is 0 Å². The fourth-order valence-corrected chi connectivity index (χ4v) is 4.15. The number of pyridine rings is 1. The molecule has 4 rings (SSSR count). The Morgan fingerprint density at radius 3 is 2.93 bits per heavy atom. The lowest BCUT2D eigenvalue weighted by Gasteiger charge is -2.26. The summed E-state index contributed by atoms with van der Waals surface area (Å²) in [6.07, 6.45) is 6.33. The highest BCUT2D eigenvalue weighted by Crippen LogP contribution is 2.28. The van der Waals surface area contributed by atoms with E-state index >= 15 is 0 Å². The summed E-state index contributed by atoms with van der Waals surface area (Å²) in [4.78, 5) is 9.57. The second kappa shape index (κ2) is 8.02. The predicted molar refractivity (Wildman–Crippen MR) is 114 cm³/mol. The van der Waals surface area contributed by atoms with Crippen molar-refractivity contribution >= 4 is 11.0 Å². The average molecular weight is 378 g/mol. The second-order valence-electron chi connectivity index (χ2n) is 8.67. The number of nitrogens with one attached hydrogen (secondary N) is 1. The van der Waals surface area contributed by atoms with Crippen LogP contribution < -0.4 is 11.1 Å². The molecule has 1 aliphatic carbocycles. The van der Waals surface area contributed by atoms with E-state index in [4.69, 9.17) is 10.7 Å². The van der Waals surface area contributed by atoms with Gasteiger partial charge in [0.2, 0.25) is 0 Å². The molecule has 0 amide bonds. The summed E-state index contributed by atoms with van der Waals surface area (Å²) in [7, 11) is 0. The molecule has 0 bridgehead atoms. The molecule has 1 atom stereocenters. The van der Waals surface area contributed by atoms with Gasteiger partial charge in [-0.15, -0.1) is 0 Å². The highest BCUT2D eigenvalue weighted by atomic mass is 15.1. The number of hydrogen-bond acceptors (Lipinski definition) is 4. The number of hydrogen-bond donors (Lipinski definition) is 2. The Bertz CT molecular complexity index is 943. The first-order valence-corrected chi connectivity index (χ1v) is 10.4. The maximum Gasteiger partial charge on any atom is 0.111 e. The molecular formula is C23H31N5. The highest BCUT2D eigenvalue weighted by Gasteiger charge is 2.22. The Labute approximate surface area is 167 Å². The van der Waals surface area contributed by atoms with E-state index in [1.54, 1.807) is 0 Å². The van der Waals surface area contributed by atoms with Gasteiger partial charge in [0.25, 0.3) is 0 Å². The number of nitrogens with two attached hydrogens (primary N) is 1. The summed E-state index contributed by atoms with van der Waals surface area (Å²) < 4.78 is 2.36. The summed E-state index contributed by atoms with van der Waals surface area (Å²) in [5.41, 5.74) is 10.9. The van der Waals surface area contributed by atoms with Crippen molar-refractivity contribution in [2.24, 2.45) is 11.1 Å². The molecule has 0 aliphatic heterocycles. The molecule has 1 unspecified atom stereocenters. The molecule has 0 spiro atoms. The Hall–Kier alpha value is -2.24. The maximum atomic E-state index is 6.01. The van der Waals surface area contributed by atoms with Crippen molar-refractivity contribution in [3.63, 3.8) is 0 Å². The average Bonchev–Trinajstić information content (AvgIpc) is 3.05. The molecule has 148 valence electrons. The Morgan fingerprint density at radius 2 is 2.07 bits per heavy atom. The smallest absolute Gasteiger partial charge is 0.111 e. The van der Waals surface area contributed by atoms with Gasteiger partial charge in [0.1, 0.15) is 5.82 Å². The zero-order valence-corrected chi connectivity index (χ0v) is 17.0. The third-order valence-corrected chi connectivity index (χ3v) is 5.81. The van der Waals surface area contributed by atoms with E-state index in [1.165, 1.54) is 23.2 Å². The van der Waals surface area contributed by atoms with Crippen LogP contribution in [0.5, 0.6) is 0 Å². The lowest BCUT2D eigenvalue weighted by molar-refractivity contribution is 0.316. The fraction of sp³-hybridized carbons (Fsp3) is 0.478. The molecule has 3 aromatic rings. The lowest BCUT2D eigenvalue weighted by Crippen LogP contribution is -2.31. The van der Waals surface area contributed by atoms with Gasteiger partial charge in [-0.05, 0) is 55.0 Å².